The molecule has 4 rings (SSSR count). The average Bonchev–Trinajstić information content (AvgIpc) is 2.77. The van der Waals surface area contributed by atoms with E-state index in [1.54, 1.807) is 0 Å². The molecule has 4 aliphatic rings. The average molecular weight is 316 g/mol. The summed E-state index contributed by atoms with van der Waals surface area (Å²) in [6.45, 7) is 6.97. The summed E-state index contributed by atoms with van der Waals surface area (Å²) in [4.78, 5) is 0. The molecule has 128 valence electrons. The molecule has 3 saturated carbocycles. The molecular formula is C21H32O2. The number of aliphatic hydroxyl groups excluding tert-OH is 2. The van der Waals surface area contributed by atoms with Crippen molar-refractivity contribution < 1.29 is 10.2 Å². The van der Waals surface area contributed by atoms with Crippen molar-refractivity contribution in [3.05, 3.63) is 23.3 Å². The summed E-state index contributed by atoms with van der Waals surface area (Å²) in [5, 5.41) is 20.7. The lowest BCUT2D eigenvalue weighted by Gasteiger charge is -2.57. The Kier molecular flexibility index (Phi) is 3.59. The Morgan fingerprint density at radius 1 is 1.09 bits per heavy atom. The number of aliphatic hydroxyl groups is 2. The van der Waals surface area contributed by atoms with E-state index in [1.165, 1.54) is 24.0 Å². The zero-order valence-electron chi connectivity index (χ0n) is 14.9. The first-order valence-corrected chi connectivity index (χ1v) is 9.62. The fourth-order valence-electron chi connectivity index (χ4n) is 7.03. The van der Waals surface area contributed by atoms with Gasteiger partial charge in [0.05, 0.1) is 12.2 Å². The molecule has 2 N–H and O–H groups in total. The number of hydrogen-bond donors (Lipinski definition) is 2. The Labute approximate surface area is 140 Å². The maximum atomic E-state index is 10.6. The third kappa shape index (κ3) is 2.07. The zero-order chi connectivity index (χ0) is 16.4. The molecule has 3 fully saturated rings. The first-order chi connectivity index (χ1) is 10.9. The van der Waals surface area contributed by atoms with Crippen LogP contribution in [0.5, 0.6) is 0 Å². The highest BCUT2D eigenvalue weighted by Gasteiger charge is 2.58. The van der Waals surface area contributed by atoms with Crippen LogP contribution in [0.2, 0.25) is 0 Å². The quantitative estimate of drug-likeness (QED) is 0.657. The van der Waals surface area contributed by atoms with Crippen LogP contribution in [-0.4, -0.2) is 22.4 Å². The topological polar surface area (TPSA) is 40.5 Å². The van der Waals surface area contributed by atoms with Crippen LogP contribution in [0.3, 0.4) is 0 Å². The molecule has 0 saturated heterocycles. The van der Waals surface area contributed by atoms with E-state index in [2.05, 4.69) is 32.9 Å². The van der Waals surface area contributed by atoms with Crippen molar-refractivity contribution in [2.75, 3.05) is 0 Å². The first kappa shape index (κ1) is 15.9. The van der Waals surface area contributed by atoms with Crippen LogP contribution in [0.25, 0.3) is 0 Å². The Hall–Kier alpha value is -0.600. The third-order valence-electron chi connectivity index (χ3n) is 8.27. The van der Waals surface area contributed by atoms with E-state index in [-0.39, 0.29) is 17.6 Å². The Bertz CT molecular complexity index is 562. The van der Waals surface area contributed by atoms with Gasteiger partial charge in [0.1, 0.15) is 0 Å². The van der Waals surface area contributed by atoms with Gasteiger partial charge in [-0.15, -0.1) is 0 Å². The smallest absolute Gasteiger partial charge is 0.0758 e. The molecule has 0 bridgehead atoms. The molecule has 0 radical (unpaired) electrons. The molecule has 0 aromatic carbocycles. The molecule has 0 aromatic rings. The van der Waals surface area contributed by atoms with Gasteiger partial charge in [0.15, 0.2) is 0 Å². The van der Waals surface area contributed by atoms with Gasteiger partial charge in [0.25, 0.3) is 0 Å². The number of rotatable bonds is 0. The van der Waals surface area contributed by atoms with Crippen LogP contribution in [0.4, 0.5) is 0 Å². The molecule has 2 heteroatoms. The highest BCUT2D eigenvalue weighted by Crippen LogP contribution is 2.66. The van der Waals surface area contributed by atoms with Gasteiger partial charge >= 0.3 is 0 Å². The van der Waals surface area contributed by atoms with Crippen LogP contribution in [-0.2, 0) is 0 Å². The highest BCUT2D eigenvalue weighted by atomic mass is 16.3. The Morgan fingerprint density at radius 2 is 1.83 bits per heavy atom. The highest BCUT2D eigenvalue weighted by molar-refractivity contribution is 5.31. The van der Waals surface area contributed by atoms with E-state index in [4.69, 9.17) is 0 Å². The minimum atomic E-state index is -0.222. The lowest BCUT2D eigenvalue weighted by Crippen LogP contribution is -2.49. The number of allylic oxidation sites excluding steroid dienone is 2. The van der Waals surface area contributed by atoms with Gasteiger partial charge in [-0.2, -0.15) is 0 Å². The fourth-order valence-corrected chi connectivity index (χ4v) is 7.03. The van der Waals surface area contributed by atoms with Crippen molar-refractivity contribution in [2.45, 2.75) is 77.9 Å². The van der Waals surface area contributed by atoms with E-state index in [0.29, 0.717) is 17.3 Å². The molecule has 7 atom stereocenters. The molecule has 0 spiro atoms. The Morgan fingerprint density at radius 3 is 2.57 bits per heavy atom. The summed E-state index contributed by atoms with van der Waals surface area (Å²) >= 11 is 0. The van der Waals surface area contributed by atoms with E-state index in [1.807, 2.05) is 0 Å². The molecule has 0 aromatic heterocycles. The molecule has 4 aliphatic carbocycles. The SMILES string of the molecule is C/C=C1/C(O)C[C@H]2[C@@H]3CC=C4C[C@@H](O)CCC4(C)[C@H]3CC[C@]12C. The van der Waals surface area contributed by atoms with Gasteiger partial charge in [-0.25, -0.2) is 0 Å². The second-order valence-corrected chi connectivity index (χ2v) is 9.11. The second-order valence-electron chi connectivity index (χ2n) is 9.11. The van der Waals surface area contributed by atoms with Gasteiger partial charge in [-0.3, -0.25) is 0 Å². The summed E-state index contributed by atoms with van der Waals surface area (Å²) in [5.74, 6) is 2.09. The predicted molar refractivity (Wildman–Crippen MR) is 92.9 cm³/mol. The molecule has 2 nitrogen and oxygen atoms in total. The van der Waals surface area contributed by atoms with Crippen LogP contribution < -0.4 is 0 Å². The lowest BCUT2D eigenvalue weighted by molar-refractivity contribution is -0.0278. The lowest BCUT2D eigenvalue weighted by atomic mass is 9.48. The maximum absolute atomic E-state index is 10.6. The fraction of sp³-hybridized carbons (Fsp3) is 0.810. The number of hydrogen-bond acceptors (Lipinski definition) is 2. The second kappa shape index (κ2) is 5.20. The summed E-state index contributed by atoms with van der Waals surface area (Å²) in [5.41, 5.74) is 3.35. The molecule has 0 heterocycles. The van der Waals surface area contributed by atoms with E-state index in [0.717, 1.165) is 38.0 Å². The largest absolute Gasteiger partial charge is 0.393 e. The van der Waals surface area contributed by atoms with Gasteiger partial charge in [-0.05, 0) is 86.0 Å². The summed E-state index contributed by atoms with van der Waals surface area (Å²) in [7, 11) is 0. The van der Waals surface area contributed by atoms with Crippen molar-refractivity contribution in [1.29, 1.82) is 0 Å². The number of fused-ring (bicyclic) bond motifs is 5. The predicted octanol–water partition coefficient (Wildman–Crippen LogP) is 4.23. The van der Waals surface area contributed by atoms with Gasteiger partial charge < -0.3 is 10.2 Å². The molecule has 0 aliphatic heterocycles. The van der Waals surface area contributed by atoms with Crippen LogP contribution >= 0.6 is 0 Å². The molecule has 2 unspecified atom stereocenters. The normalized spacial score (nSPS) is 54.2. The standard InChI is InChI=1S/C21H32O2/c1-4-16-19(23)12-18-15-6-5-13-11-14(22)7-9-20(13,2)17(15)8-10-21(16,18)3/h4-5,14-15,17-19,22-23H,6-12H2,1-3H3/b16-4-/t14-,15+,17-,18-,19?,20?,21+/m0/s1. The molecule has 0 amide bonds. The van der Waals surface area contributed by atoms with Crippen molar-refractivity contribution in [3.8, 4) is 0 Å². The Balaban J connectivity index is 1.70. The summed E-state index contributed by atoms with van der Waals surface area (Å²) in [6.07, 6.45) is 11.9. The monoisotopic (exact) mass is 316 g/mol. The van der Waals surface area contributed by atoms with E-state index in [9.17, 15) is 10.2 Å². The van der Waals surface area contributed by atoms with E-state index >= 15 is 0 Å². The summed E-state index contributed by atoms with van der Waals surface area (Å²) in [6, 6.07) is 0. The first-order valence-electron chi connectivity index (χ1n) is 9.62. The van der Waals surface area contributed by atoms with Crippen molar-refractivity contribution in [1.82, 2.24) is 0 Å². The van der Waals surface area contributed by atoms with Gasteiger partial charge in [0.2, 0.25) is 0 Å². The van der Waals surface area contributed by atoms with E-state index < -0.39 is 0 Å². The van der Waals surface area contributed by atoms with Crippen molar-refractivity contribution in [3.63, 3.8) is 0 Å². The van der Waals surface area contributed by atoms with Crippen molar-refractivity contribution >= 4 is 0 Å². The molecular weight excluding hydrogens is 284 g/mol. The minimum Gasteiger partial charge on any atom is -0.393 e. The summed E-state index contributed by atoms with van der Waals surface area (Å²) < 4.78 is 0. The maximum Gasteiger partial charge on any atom is 0.0758 e. The van der Waals surface area contributed by atoms with Crippen LogP contribution in [0.15, 0.2) is 23.3 Å². The van der Waals surface area contributed by atoms with Gasteiger partial charge in [0, 0.05) is 0 Å². The molecule has 23 heavy (non-hydrogen) atoms. The van der Waals surface area contributed by atoms with Gasteiger partial charge in [-0.1, -0.05) is 31.6 Å². The van der Waals surface area contributed by atoms with Crippen molar-refractivity contribution in [2.24, 2.45) is 28.6 Å². The van der Waals surface area contributed by atoms with Crippen LogP contribution in [0.1, 0.15) is 65.7 Å². The van der Waals surface area contributed by atoms with Crippen LogP contribution in [0, 0.1) is 28.6 Å². The third-order valence-corrected chi connectivity index (χ3v) is 8.27. The minimum absolute atomic E-state index is 0.123. The zero-order valence-corrected chi connectivity index (χ0v) is 14.9.